The molecular formula is C19H28N4O2. The zero-order chi connectivity index (χ0) is 17.6. The van der Waals surface area contributed by atoms with Crippen molar-refractivity contribution >= 4 is 0 Å². The first-order chi connectivity index (χ1) is 12.1. The van der Waals surface area contributed by atoms with Crippen LogP contribution in [0.3, 0.4) is 0 Å². The number of aromatic nitrogens is 2. The van der Waals surface area contributed by atoms with Crippen LogP contribution in [0.15, 0.2) is 36.7 Å². The van der Waals surface area contributed by atoms with Crippen LogP contribution in [0.4, 0.5) is 0 Å². The van der Waals surface area contributed by atoms with Crippen LogP contribution in [0.1, 0.15) is 11.1 Å². The Balaban J connectivity index is 1.36. The smallest absolute Gasteiger partial charge is 0.119 e. The van der Waals surface area contributed by atoms with E-state index in [4.69, 9.17) is 4.74 Å². The first-order valence-electron chi connectivity index (χ1n) is 8.88. The van der Waals surface area contributed by atoms with Gasteiger partial charge in [0.15, 0.2) is 0 Å². The minimum atomic E-state index is -0.467. The standard InChI is InChI=1S/C19H28N4O2/c1-16-4-3-5-19(10-16)25-15-18(24)14-23-8-6-22(7-9-23)13-17-11-20-21(2)12-17/h3-5,10-12,18,24H,6-9,13-15H2,1-2H3/t18-/m1/s1. The first-order valence-corrected chi connectivity index (χ1v) is 8.88. The Bertz CT molecular complexity index is 665. The van der Waals surface area contributed by atoms with Gasteiger partial charge in [-0.25, -0.2) is 0 Å². The van der Waals surface area contributed by atoms with Crippen molar-refractivity contribution in [2.24, 2.45) is 7.05 Å². The number of aryl methyl sites for hydroxylation is 2. The number of aliphatic hydroxyl groups excluding tert-OH is 1. The highest BCUT2D eigenvalue weighted by atomic mass is 16.5. The summed E-state index contributed by atoms with van der Waals surface area (Å²) >= 11 is 0. The number of hydrogen-bond acceptors (Lipinski definition) is 5. The van der Waals surface area contributed by atoms with E-state index < -0.39 is 6.10 Å². The molecule has 2 aromatic rings. The molecule has 0 amide bonds. The average molecular weight is 344 g/mol. The van der Waals surface area contributed by atoms with Gasteiger partial charge in [-0.05, 0) is 24.6 Å². The molecule has 6 nitrogen and oxygen atoms in total. The van der Waals surface area contributed by atoms with Crippen LogP contribution in [0, 0.1) is 6.92 Å². The lowest BCUT2D eigenvalue weighted by Gasteiger charge is -2.35. The molecule has 1 atom stereocenters. The molecule has 6 heteroatoms. The molecule has 1 aromatic heterocycles. The predicted molar refractivity (Wildman–Crippen MR) is 97.6 cm³/mol. The van der Waals surface area contributed by atoms with Crippen molar-refractivity contribution in [1.82, 2.24) is 19.6 Å². The van der Waals surface area contributed by atoms with Gasteiger partial charge in [0.25, 0.3) is 0 Å². The van der Waals surface area contributed by atoms with E-state index in [1.165, 1.54) is 5.56 Å². The van der Waals surface area contributed by atoms with E-state index in [0.29, 0.717) is 13.2 Å². The summed E-state index contributed by atoms with van der Waals surface area (Å²) in [6.07, 6.45) is 3.53. The molecule has 1 fully saturated rings. The zero-order valence-corrected chi connectivity index (χ0v) is 15.1. The maximum Gasteiger partial charge on any atom is 0.119 e. The highest BCUT2D eigenvalue weighted by Crippen LogP contribution is 2.13. The highest BCUT2D eigenvalue weighted by molar-refractivity contribution is 5.27. The predicted octanol–water partition coefficient (Wildman–Crippen LogP) is 1.29. The quantitative estimate of drug-likeness (QED) is 0.820. The van der Waals surface area contributed by atoms with Gasteiger partial charge < -0.3 is 9.84 Å². The number of aliphatic hydroxyl groups is 1. The van der Waals surface area contributed by atoms with Gasteiger partial charge in [-0.15, -0.1) is 0 Å². The first kappa shape index (κ1) is 17.9. The monoisotopic (exact) mass is 344 g/mol. The molecule has 0 radical (unpaired) electrons. The third-order valence-corrected chi connectivity index (χ3v) is 4.53. The lowest BCUT2D eigenvalue weighted by atomic mass is 10.2. The lowest BCUT2D eigenvalue weighted by molar-refractivity contribution is 0.0446. The number of benzene rings is 1. The fraction of sp³-hybridized carbons (Fsp3) is 0.526. The summed E-state index contributed by atoms with van der Waals surface area (Å²) in [6.45, 7) is 7.95. The molecule has 1 aliphatic heterocycles. The van der Waals surface area contributed by atoms with Gasteiger partial charge in [-0.1, -0.05) is 12.1 Å². The lowest BCUT2D eigenvalue weighted by Crippen LogP contribution is -2.48. The third-order valence-electron chi connectivity index (χ3n) is 4.53. The van der Waals surface area contributed by atoms with E-state index in [2.05, 4.69) is 21.1 Å². The van der Waals surface area contributed by atoms with Gasteiger partial charge in [0.05, 0.1) is 6.20 Å². The van der Waals surface area contributed by atoms with Gasteiger partial charge in [-0.3, -0.25) is 14.5 Å². The van der Waals surface area contributed by atoms with Crippen molar-refractivity contribution in [1.29, 1.82) is 0 Å². The van der Waals surface area contributed by atoms with Crippen molar-refractivity contribution in [3.05, 3.63) is 47.8 Å². The second-order valence-electron chi connectivity index (χ2n) is 6.88. The molecular weight excluding hydrogens is 316 g/mol. The summed E-state index contributed by atoms with van der Waals surface area (Å²) in [5, 5.41) is 14.5. The van der Waals surface area contributed by atoms with Crippen molar-refractivity contribution in [2.75, 3.05) is 39.3 Å². The average Bonchev–Trinajstić information content (AvgIpc) is 3.00. The van der Waals surface area contributed by atoms with E-state index in [-0.39, 0.29) is 0 Å². The normalized spacial score (nSPS) is 17.6. The zero-order valence-electron chi connectivity index (χ0n) is 15.1. The minimum Gasteiger partial charge on any atom is -0.491 e. The van der Waals surface area contributed by atoms with Gasteiger partial charge in [0.1, 0.15) is 18.5 Å². The second-order valence-corrected chi connectivity index (χ2v) is 6.88. The van der Waals surface area contributed by atoms with Gasteiger partial charge in [0.2, 0.25) is 0 Å². The molecule has 0 saturated carbocycles. The Kier molecular flexibility index (Phi) is 6.07. The molecule has 1 saturated heterocycles. The summed E-state index contributed by atoms with van der Waals surface area (Å²) in [5.41, 5.74) is 2.42. The molecule has 0 unspecified atom stereocenters. The number of ether oxygens (including phenoxy) is 1. The molecule has 0 bridgehead atoms. The summed E-state index contributed by atoms with van der Waals surface area (Å²) in [6, 6.07) is 7.92. The van der Waals surface area contributed by atoms with E-state index in [1.807, 2.05) is 49.1 Å². The topological polar surface area (TPSA) is 53.8 Å². The third kappa shape index (κ3) is 5.56. The highest BCUT2D eigenvalue weighted by Gasteiger charge is 2.20. The van der Waals surface area contributed by atoms with Crippen LogP contribution >= 0.6 is 0 Å². The molecule has 0 aliphatic carbocycles. The Hall–Kier alpha value is -1.89. The van der Waals surface area contributed by atoms with Crippen LogP contribution in [0.2, 0.25) is 0 Å². The largest absolute Gasteiger partial charge is 0.491 e. The Morgan fingerprint density at radius 2 is 1.96 bits per heavy atom. The van der Waals surface area contributed by atoms with E-state index in [0.717, 1.165) is 44.0 Å². The van der Waals surface area contributed by atoms with Crippen LogP contribution < -0.4 is 4.74 Å². The number of nitrogens with zero attached hydrogens (tertiary/aromatic N) is 4. The van der Waals surface area contributed by atoms with Gasteiger partial charge >= 0.3 is 0 Å². The van der Waals surface area contributed by atoms with Crippen molar-refractivity contribution < 1.29 is 9.84 Å². The fourth-order valence-electron chi connectivity index (χ4n) is 3.19. The second kappa shape index (κ2) is 8.47. The Morgan fingerprint density at radius 1 is 1.20 bits per heavy atom. The molecule has 1 aliphatic rings. The van der Waals surface area contributed by atoms with Crippen LogP contribution in [0.5, 0.6) is 5.75 Å². The number of rotatable bonds is 7. The molecule has 1 N–H and O–H groups in total. The molecule has 25 heavy (non-hydrogen) atoms. The number of piperazine rings is 1. The summed E-state index contributed by atoms with van der Waals surface area (Å²) in [5.74, 6) is 0.820. The van der Waals surface area contributed by atoms with E-state index in [1.54, 1.807) is 0 Å². The summed E-state index contributed by atoms with van der Waals surface area (Å²) < 4.78 is 7.54. The molecule has 1 aromatic carbocycles. The van der Waals surface area contributed by atoms with Gasteiger partial charge in [0, 0.05) is 58.1 Å². The molecule has 136 valence electrons. The maximum atomic E-state index is 10.2. The fourth-order valence-corrected chi connectivity index (χ4v) is 3.19. The summed E-state index contributed by atoms with van der Waals surface area (Å²) in [4.78, 5) is 4.74. The maximum absolute atomic E-state index is 10.2. The SMILES string of the molecule is Cc1cccc(OC[C@H](O)CN2CCN(Cc3cnn(C)c3)CC2)c1. The Labute approximate surface area is 149 Å². The van der Waals surface area contributed by atoms with Crippen LogP contribution in [0.25, 0.3) is 0 Å². The van der Waals surface area contributed by atoms with Crippen molar-refractivity contribution in [2.45, 2.75) is 19.6 Å². The number of β-amino-alcohol motifs (C(OH)–C–C–N with tert-alkyl or cyclic N) is 1. The van der Waals surface area contributed by atoms with Crippen molar-refractivity contribution in [3.63, 3.8) is 0 Å². The number of hydrogen-bond donors (Lipinski definition) is 1. The van der Waals surface area contributed by atoms with Crippen LogP contribution in [-0.2, 0) is 13.6 Å². The van der Waals surface area contributed by atoms with Gasteiger partial charge in [-0.2, -0.15) is 5.10 Å². The Morgan fingerprint density at radius 3 is 2.64 bits per heavy atom. The van der Waals surface area contributed by atoms with Crippen molar-refractivity contribution in [3.8, 4) is 5.75 Å². The molecule has 3 rings (SSSR count). The molecule has 2 heterocycles. The molecule has 0 spiro atoms. The summed E-state index contributed by atoms with van der Waals surface area (Å²) in [7, 11) is 1.95. The van der Waals surface area contributed by atoms with E-state index >= 15 is 0 Å². The van der Waals surface area contributed by atoms with Crippen LogP contribution in [-0.4, -0.2) is 70.1 Å². The minimum absolute atomic E-state index is 0.333. The van der Waals surface area contributed by atoms with E-state index in [9.17, 15) is 5.11 Å².